The van der Waals surface area contributed by atoms with Crippen LogP contribution in [0.5, 0.6) is 0 Å². The van der Waals surface area contributed by atoms with Crippen LogP contribution in [0.15, 0.2) is 35.8 Å². The van der Waals surface area contributed by atoms with E-state index < -0.39 is 0 Å². The lowest BCUT2D eigenvalue weighted by molar-refractivity contribution is 0.0788. The Morgan fingerprint density at radius 1 is 1.21 bits per heavy atom. The lowest BCUT2D eigenvalue weighted by Crippen LogP contribution is -2.07. The molecule has 0 fully saturated rings. The van der Waals surface area contributed by atoms with E-state index in [9.17, 15) is 0 Å². The molecule has 2 rings (SSSR count). The second kappa shape index (κ2) is 7.41. The number of benzene rings is 1. The summed E-state index contributed by atoms with van der Waals surface area (Å²) in [4.78, 5) is 5.57. The molecule has 1 atom stereocenters. The van der Waals surface area contributed by atoms with Gasteiger partial charge in [-0.2, -0.15) is 0 Å². The molecule has 0 aliphatic heterocycles. The molecule has 0 aliphatic carbocycles. The number of thiazole rings is 1. The van der Waals surface area contributed by atoms with Gasteiger partial charge in [-0.1, -0.05) is 50.1 Å². The smallest absolute Gasteiger partial charge is 0.119 e. The number of hydrogen-bond acceptors (Lipinski definition) is 3. The molecule has 0 N–H and O–H groups in total. The molecule has 102 valence electrons. The third kappa shape index (κ3) is 3.88. The Balaban J connectivity index is 2.12. The zero-order valence-corrected chi connectivity index (χ0v) is 12.5. The molecular formula is C16H21NOS. The Labute approximate surface area is 119 Å². The van der Waals surface area contributed by atoms with Gasteiger partial charge >= 0.3 is 0 Å². The third-order valence-corrected chi connectivity index (χ3v) is 4.13. The molecule has 19 heavy (non-hydrogen) atoms. The first-order chi connectivity index (χ1) is 9.33. The fraction of sp³-hybridized carbons (Fsp3) is 0.438. The lowest BCUT2D eigenvalue weighted by Gasteiger charge is -2.17. The largest absolute Gasteiger partial charge is 0.368 e. The Morgan fingerprint density at radius 2 is 2.00 bits per heavy atom. The maximum Gasteiger partial charge on any atom is 0.119 e. The van der Waals surface area contributed by atoms with Crippen molar-refractivity contribution in [2.75, 3.05) is 6.61 Å². The minimum absolute atomic E-state index is 0.0329. The highest BCUT2D eigenvalue weighted by molar-refractivity contribution is 7.09. The number of unbranched alkanes of at least 4 members (excludes halogenated alkanes) is 2. The van der Waals surface area contributed by atoms with E-state index in [0.29, 0.717) is 0 Å². The van der Waals surface area contributed by atoms with Gasteiger partial charge in [-0.25, -0.2) is 4.98 Å². The van der Waals surface area contributed by atoms with Crippen molar-refractivity contribution in [1.29, 1.82) is 0 Å². The molecule has 0 saturated heterocycles. The Morgan fingerprint density at radius 3 is 2.63 bits per heavy atom. The molecule has 0 saturated carbocycles. The Bertz CT molecular complexity index is 481. The predicted octanol–water partition coefficient (Wildman–Crippen LogP) is 4.75. The highest BCUT2D eigenvalue weighted by atomic mass is 32.1. The molecule has 0 bridgehead atoms. The lowest BCUT2D eigenvalue weighted by atomic mass is 10.1. The molecule has 0 spiro atoms. The maximum atomic E-state index is 6.13. The van der Waals surface area contributed by atoms with Gasteiger partial charge in [0.05, 0.1) is 16.1 Å². The van der Waals surface area contributed by atoms with Crippen molar-refractivity contribution in [1.82, 2.24) is 4.98 Å². The monoisotopic (exact) mass is 275 g/mol. The first-order valence-corrected chi connectivity index (χ1v) is 7.77. The van der Waals surface area contributed by atoms with E-state index in [0.717, 1.165) is 18.7 Å². The van der Waals surface area contributed by atoms with E-state index in [-0.39, 0.29) is 6.10 Å². The normalized spacial score (nSPS) is 12.5. The van der Waals surface area contributed by atoms with Crippen molar-refractivity contribution >= 4 is 11.3 Å². The van der Waals surface area contributed by atoms with Gasteiger partial charge in [-0.3, -0.25) is 0 Å². The molecule has 1 heterocycles. The van der Waals surface area contributed by atoms with Crippen molar-refractivity contribution in [3.05, 3.63) is 52.0 Å². The standard InChI is InChI=1S/C16H21NOS/c1-3-4-8-11-18-15(14-9-6-5-7-10-14)16-13(2)17-12-19-16/h5-7,9-10,12,15H,3-4,8,11H2,1-2H3. The molecule has 2 aromatic rings. The fourth-order valence-electron chi connectivity index (χ4n) is 2.07. The van der Waals surface area contributed by atoms with Gasteiger partial charge in [0.2, 0.25) is 0 Å². The number of aromatic nitrogens is 1. The van der Waals surface area contributed by atoms with Gasteiger partial charge in [0, 0.05) is 6.61 Å². The van der Waals surface area contributed by atoms with E-state index >= 15 is 0 Å². The highest BCUT2D eigenvalue weighted by Crippen LogP contribution is 2.31. The van der Waals surface area contributed by atoms with E-state index in [2.05, 4.69) is 43.1 Å². The van der Waals surface area contributed by atoms with Crippen LogP contribution >= 0.6 is 11.3 Å². The van der Waals surface area contributed by atoms with Gasteiger partial charge in [0.25, 0.3) is 0 Å². The molecule has 1 unspecified atom stereocenters. The molecule has 2 nitrogen and oxygen atoms in total. The first-order valence-electron chi connectivity index (χ1n) is 6.89. The number of ether oxygens (including phenoxy) is 1. The summed E-state index contributed by atoms with van der Waals surface area (Å²) in [5.74, 6) is 0. The molecule has 3 heteroatoms. The predicted molar refractivity (Wildman–Crippen MR) is 80.6 cm³/mol. The molecule has 0 aliphatic rings. The SMILES string of the molecule is CCCCCOC(c1ccccc1)c1scnc1C. The Hall–Kier alpha value is -1.19. The van der Waals surface area contributed by atoms with Crippen LogP contribution in [0.2, 0.25) is 0 Å². The van der Waals surface area contributed by atoms with Crippen molar-refractivity contribution in [2.24, 2.45) is 0 Å². The fourth-order valence-corrected chi connectivity index (χ4v) is 2.94. The van der Waals surface area contributed by atoms with Crippen LogP contribution in [-0.2, 0) is 4.74 Å². The summed E-state index contributed by atoms with van der Waals surface area (Å²) in [7, 11) is 0. The van der Waals surface area contributed by atoms with Crippen LogP contribution < -0.4 is 0 Å². The molecule has 0 amide bonds. The van der Waals surface area contributed by atoms with Crippen LogP contribution in [-0.4, -0.2) is 11.6 Å². The third-order valence-electron chi connectivity index (χ3n) is 3.16. The maximum absolute atomic E-state index is 6.13. The van der Waals surface area contributed by atoms with Gasteiger partial charge in [0.1, 0.15) is 6.10 Å². The van der Waals surface area contributed by atoms with Gasteiger partial charge in [-0.15, -0.1) is 11.3 Å². The van der Waals surface area contributed by atoms with Crippen molar-refractivity contribution < 1.29 is 4.74 Å². The average Bonchev–Trinajstić information content (AvgIpc) is 2.86. The molecule has 1 aromatic carbocycles. The summed E-state index contributed by atoms with van der Waals surface area (Å²) in [5.41, 5.74) is 4.19. The number of aryl methyl sites for hydroxylation is 1. The second-order valence-electron chi connectivity index (χ2n) is 4.67. The Kier molecular flexibility index (Phi) is 5.55. The average molecular weight is 275 g/mol. The summed E-state index contributed by atoms with van der Waals surface area (Å²) < 4.78 is 6.13. The van der Waals surface area contributed by atoms with E-state index in [1.165, 1.54) is 23.3 Å². The quantitative estimate of drug-likeness (QED) is 0.680. The van der Waals surface area contributed by atoms with Gasteiger partial charge in [0.15, 0.2) is 0 Å². The van der Waals surface area contributed by atoms with Gasteiger partial charge in [-0.05, 0) is 18.9 Å². The van der Waals surface area contributed by atoms with Crippen molar-refractivity contribution in [2.45, 2.75) is 39.2 Å². The number of hydrogen-bond donors (Lipinski definition) is 0. The minimum atomic E-state index is 0.0329. The van der Waals surface area contributed by atoms with Crippen LogP contribution in [0, 0.1) is 6.92 Å². The van der Waals surface area contributed by atoms with Crippen LogP contribution in [0.3, 0.4) is 0 Å². The van der Waals surface area contributed by atoms with Crippen LogP contribution in [0.1, 0.15) is 48.4 Å². The number of rotatable bonds is 7. The van der Waals surface area contributed by atoms with Crippen LogP contribution in [0.4, 0.5) is 0 Å². The first kappa shape index (κ1) is 14.2. The summed E-state index contributed by atoms with van der Waals surface area (Å²) in [6.45, 7) is 5.07. The van der Waals surface area contributed by atoms with Gasteiger partial charge < -0.3 is 4.74 Å². The zero-order chi connectivity index (χ0) is 13.5. The molecular weight excluding hydrogens is 254 g/mol. The topological polar surface area (TPSA) is 22.1 Å². The van der Waals surface area contributed by atoms with E-state index in [1.807, 2.05) is 11.6 Å². The zero-order valence-electron chi connectivity index (χ0n) is 11.6. The number of nitrogens with zero attached hydrogens (tertiary/aromatic N) is 1. The summed E-state index contributed by atoms with van der Waals surface area (Å²) in [6, 6.07) is 10.4. The summed E-state index contributed by atoms with van der Waals surface area (Å²) in [6.07, 6.45) is 3.60. The van der Waals surface area contributed by atoms with Crippen molar-refractivity contribution in [3.63, 3.8) is 0 Å². The summed E-state index contributed by atoms with van der Waals surface area (Å²) in [5, 5.41) is 0. The minimum Gasteiger partial charge on any atom is -0.368 e. The summed E-state index contributed by atoms with van der Waals surface area (Å²) >= 11 is 1.68. The van der Waals surface area contributed by atoms with E-state index in [4.69, 9.17) is 4.74 Å². The van der Waals surface area contributed by atoms with Crippen LogP contribution in [0.25, 0.3) is 0 Å². The van der Waals surface area contributed by atoms with E-state index in [1.54, 1.807) is 11.3 Å². The highest BCUT2D eigenvalue weighted by Gasteiger charge is 2.18. The molecule has 0 radical (unpaired) electrons. The second-order valence-corrected chi connectivity index (χ2v) is 5.56. The van der Waals surface area contributed by atoms with Crippen molar-refractivity contribution in [3.8, 4) is 0 Å². The molecule has 1 aromatic heterocycles.